The minimum atomic E-state index is 0.196. The first-order valence-corrected chi connectivity index (χ1v) is 6.15. The summed E-state index contributed by atoms with van der Waals surface area (Å²) in [4.78, 5) is 18.3. The van der Waals surface area contributed by atoms with E-state index in [-0.39, 0.29) is 5.91 Å². The molecule has 1 aliphatic heterocycles. The molecule has 1 atom stereocenters. The third-order valence-electron chi connectivity index (χ3n) is 3.20. The highest BCUT2D eigenvalue weighted by Crippen LogP contribution is 2.17. The van der Waals surface area contributed by atoms with E-state index in [1.54, 1.807) is 6.20 Å². The molecule has 0 saturated carbocycles. The first-order chi connectivity index (χ1) is 8.31. The number of likely N-dealkylation sites (tertiary alicyclic amines) is 1. The number of likely N-dealkylation sites (N-methyl/N-ethyl adjacent to an activating group) is 1. The first kappa shape index (κ1) is 12.0. The monoisotopic (exact) mass is 233 g/mol. The molecule has 92 valence electrons. The number of hydrogen-bond acceptors (Lipinski definition) is 3. The second-order valence-electron chi connectivity index (χ2n) is 4.44. The summed E-state index contributed by atoms with van der Waals surface area (Å²) in [6.07, 6.45) is 4.37. The zero-order valence-electron chi connectivity index (χ0n) is 10.2. The standard InChI is InChI=1S/C13H19N3O/c1-14-10-12-6-4-8-16(12)13(17)9-11-5-2-3-7-15-11/h2-3,5,7,12,14H,4,6,8-10H2,1H3. The van der Waals surface area contributed by atoms with Crippen LogP contribution in [0.4, 0.5) is 0 Å². The predicted molar refractivity (Wildman–Crippen MR) is 66.6 cm³/mol. The SMILES string of the molecule is CNCC1CCCN1C(=O)Cc1ccccn1. The lowest BCUT2D eigenvalue weighted by Gasteiger charge is -2.24. The average molecular weight is 233 g/mol. The minimum Gasteiger partial charge on any atom is -0.338 e. The van der Waals surface area contributed by atoms with Gasteiger partial charge < -0.3 is 10.2 Å². The van der Waals surface area contributed by atoms with Crippen molar-refractivity contribution >= 4 is 5.91 Å². The first-order valence-electron chi connectivity index (χ1n) is 6.15. The van der Waals surface area contributed by atoms with Gasteiger partial charge in [-0.05, 0) is 32.0 Å². The van der Waals surface area contributed by atoms with E-state index >= 15 is 0 Å². The highest BCUT2D eigenvalue weighted by atomic mass is 16.2. The maximum atomic E-state index is 12.2. The Morgan fingerprint density at radius 3 is 3.18 bits per heavy atom. The maximum Gasteiger partial charge on any atom is 0.228 e. The summed E-state index contributed by atoms with van der Waals surface area (Å²) in [5.41, 5.74) is 0.854. The van der Waals surface area contributed by atoms with Crippen LogP contribution in [0.25, 0.3) is 0 Å². The van der Waals surface area contributed by atoms with Gasteiger partial charge in [0.25, 0.3) is 0 Å². The van der Waals surface area contributed by atoms with E-state index in [9.17, 15) is 4.79 Å². The van der Waals surface area contributed by atoms with Crippen LogP contribution in [0.2, 0.25) is 0 Å². The van der Waals surface area contributed by atoms with E-state index in [0.29, 0.717) is 12.5 Å². The Balaban J connectivity index is 1.95. The molecule has 1 amide bonds. The van der Waals surface area contributed by atoms with Crippen LogP contribution in [-0.4, -0.2) is 42.0 Å². The lowest BCUT2D eigenvalue weighted by Crippen LogP contribution is -2.41. The van der Waals surface area contributed by atoms with Crippen LogP contribution < -0.4 is 5.32 Å². The number of carbonyl (C=O) groups excluding carboxylic acids is 1. The van der Waals surface area contributed by atoms with Crippen molar-refractivity contribution in [2.45, 2.75) is 25.3 Å². The summed E-state index contributed by atoms with van der Waals surface area (Å²) >= 11 is 0. The van der Waals surface area contributed by atoms with Crippen molar-refractivity contribution in [3.8, 4) is 0 Å². The smallest absolute Gasteiger partial charge is 0.228 e. The third-order valence-corrected chi connectivity index (χ3v) is 3.20. The lowest BCUT2D eigenvalue weighted by atomic mass is 10.2. The van der Waals surface area contributed by atoms with Crippen molar-refractivity contribution in [1.29, 1.82) is 0 Å². The van der Waals surface area contributed by atoms with E-state index < -0.39 is 0 Å². The van der Waals surface area contributed by atoms with Crippen LogP contribution in [-0.2, 0) is 11.2 Å². The molecule has 1 fully saturated rings. The number of nitrogens with zero attached hydrogens (tertiary/aromatic N) is 2. The number of aromatic nitrogens is 1. The number of nitrogens with one attached hydrogen (secondary N) is 1. The van der Waals surface area contributed by atoms with Gasteiger partial charge in [-0.1, -0.05) is 6.07 Å². The second kappa shape index (κ2) is 5.77. The fourth-order valence-electron chi connectivity index (χ4n) is 2.37. The molecular weight excluding hydrogens is 214 g/mol. The molecule has 4 heteroatoms. The Bertz CT molecular complexity index is 366. The fourth-order valence-corrected chi connectivity index (χ4v) is 2.37. The summed E-state index contributed by atoms with van der Waals surface area (Å²) in [7, 11) is 1.93. The van der Waals surface area contributed by atoms with Gasteiger partial charge >= 0.3 is 0 Å². The molecule has 0 aliphatic carbocycles. The van der Waals surface area contributed by atoms with Gasteiger partial charge in [-0.15, -0.1) is 0 Å². The normalized spacial score (nSPS) is 19.6. The quantitative estimate of drug-likeness (QED) is 0.838. The van der Waals surface area contributed by atoms with Crippen molar-refractivity contribution in [2.24, 2.45) is 0 Å². The largest absolute Gasteiger partial charge is 0.338 e. The number of amides is 1. The molecule has 1 saturated heterocycles. The Hall–Kier alpha value is -1.42. The molecule has 0 radical (unpaired) electrons. The molecule has 2 heterocycles. The lowest BCUT2D eigenvalue weighted by molar-refractivity contribution is -0.131. The van der Waals surface area contributed by atoms with E-state index in [0.717, 1.165) is 31.6 Å². The van der Waals surface area contributed by atoms with E-state index in [1.807, 2.05) is 30.1 Å². The molecule has 1 aromatic rings. The van der Waals surface area contributed by atoms with Crippen molar-refractivity contribution in [2.75, 3.05) is 20.1 Å². The summed E-state index contributed by atoms with van der Waals surface area (Å²) < 4.78 is 0. The second-order valence-corrected chi connectivity index (χ2v) is 4.44. The molecule has 0 bridgehead atoms. The van der Waals surface area contributed by atoms with Gasteiger partial charge in [0, 0.05) is 31.0 Å². The highest BCUT2D eigenvalue weighted by Gasteiger charge is 2.27. The molecular formula is C13H19N3O. The van der Waals surface area contributed by atoms with Crippen LogP contribution in [0.3, 0.4) is 0 Å². The molecule has 0 spiro atoms. The number of hydrogen-bond donors (Lipinski definition) is 1. The maximum absolute atomic E-state index is 12.2. The molecule has 1 aromatic heterocycles. The van der Waals surface area contributed by atoms with Crippen molar-refractivity contribution in [3.63, 3.8) is 0 Å². The molecule has 2 rings (SSSR count). The van der Waals surface area contributed by atoms with Gasteiger partial charge in [0.2, 0.25) is 5.91 Å². The van der Waals surface area contributed by atoms with Crippen LogP contribution >= 0.6 is 0 Å². The topological polar surface area (TPSA) is 45.2 Å². The van der Waals surface area contributed by atoms with E-state index in [2.05, 4.69) is 10.3 Å². The molecule has 1 aliphatic rings. The number of carbonyl (C=O) groups is 1. The van der Waals surface area contributed by atoms with Crippen molar-refractivity contribution in [3.05, 3.63) is 30.1 Å². The van der Waals surface area contributed by atoms with Crippen LogP contribution in [0.1, 0.15) is 18.5 Å². The Morgan fingerprint density at radius 2 is 2.47 bits per heavy atom. The average Bonchev–Trinajstić information content (AvgIpc) is 2.79. The van der Waals surface area contributed by atoms with Gasteiger partial charge in [-0.3, -0.25) is 9.78 Å². The van der Waals surface area contributed by atoms with E-state index in [4.69, 9.17) is 0 Å². The zero-order chi connectivity index (χ0) is 12.1. The minimum absolute atomic E-state index is 0.196. The predicted octanol–water partition coefficient (Wildman–Crippen LogP) is 0.834. The molecule has 0 aromatic carbocycles. The highest BCUT2D eigenvalue weighted by molar-refractivity contribution is 5.79. The van der Waals surface area contributed by atoms with Gasteiger partial charge in [0.15, 0.2) is 0 Å². The summed E-state index contributed by atoms with van der Waals surface area (Å²) in [6.45, 7) is 1.77. The Kier molecular flexibility index (Phi) is 4.09. The van der Waals surface area contributed by atoms with Gasteiger partial charge in [-0.25, -0.2) is 0 Å². The summed E-state index contributed by atoms with van der Waals surface area (Å²) in [5.74, 6) is 0.196. The summed E-state index contributed by atoms with van der Waals surface area (Å²) in [6, 6.07) is 6.05. The Morgan fingerprint density at radius 1 is 1.59 bits per heavy atom. The number of pyridine rings is 1. The van der Waals surface area contributed by atoms with Gasteiger partial charge in [0.1, 0.15) is 0 Å². The third kappa shape index (κ3) is 3.03. The zero-order valence-corrected chi connectivity index (χ0v) is 10.2. The fraction of sp³-hybridized carbons (Fsp3) is 0.538. The van der Waals surface area contributed by atoms with Crippen LogP contribution in [0.5, 0.6) is 0 Å². The van der Waals surface area contributed by atoms with Gasteiger partial charge in [-0.2, -0.15) is 0 Å². The van der Waals surface area contributed by atoms with Crippen LogP contribution in [0.15, 0.2) is 24.4 Å². The Labute approximate surface area is 102 Å². The van der Waals surface area contributed by atoms with Gasteiger partial charge in [0.05, 0.1) is 6.42 Å². The molecule has 4 nitrogen and oxygen atoms in total. The van der Waals surface area contributed by atoms with E-state index in [1.165, 1.54) is 0 Å². The number of rotatable bonds is 4. The van der Waals surface area contributed by atoms with Crippen molar-refractivity contribution in [1.82, 2.24) is 15.2 Å². The molecule has 1 unspecified atom stereocenters. The molecule has 17 heavy (non-hydrogen) atoms. The van der Waals surface area contributed by atoms with Crippen LogP contribution in [0, 0.1) is 0 Å². The van der Waals surface area contributed by atoms with Crippen molar-refractivity contribution < 1.29 is 4.79 Å². The molecule has 1 N–H and O–H groups in total. The summed E-state index contributed by atoms with van der Waals surface area (Å²) in [5, 5.41) is 3.15.